The van der Waals surface area contributed by atoms with Crippen molar-refractivity contribution in [2.45, 2.75) is 117 Å². The molecule has 3 heterocycles. The van der Waals surface area contributed by atoms with Crippen LogP contribution in [0.3, 0.4) is 0 Å². The van der Waals surface area contributed by atoms with Crippen LogP contribution in [-0.4, -0.2) is 40.9 Å². The molecule has 2 saturated carbocycles. The Labute approximate surface area is 234 Å². The Hall–Kier alpha value is -1.79. The summed E-state index contributed by atoms with van der Waals surface area (Å²) < 4.78 is 0. The Morgan fingerprint density at radius 2 is 1.95 bits per heavy atom. The number of hydrogen-bond acceptors (Lipinski definition) is 5. The van der Waals surface area contributed by atoms with Crippen LogP contribution in [0.25, 0.3) is 0 Å². The smallest absolute Gasteiger partial charge is 0.223 e. The Bertz CT molecular complexity index is 1110. The van der Waals surface area contributed by atoms with Gasteiger partial charge in [0, 0.05) is 46.4 Å². The van der Waals surface area contributed by atoms with Gasteiger partial charge in [-0.1, -0.05) is 39.7 Å². The zero-order chi connectivity index (χ0) is 27.0. The third kappa shape index (κ3) is 5.72. The summed E-state index contributed by atoms with van der Waals surface area (Å²) in [5.41, 5.74) is 5.03. The van der Waals surface area contributed by atoms with Crippen LogP contribution in [-0.2, 0) is 4.79 Å². The highest BCUT2D eigenvalue weighted by Gasteiger charge is 2.51. The molecule has 0 aromatic carbocycles. The first kappa shape index (κ1) is 27.8. The van der Waals surface area contributed by atoms with E-state index in [1.807, 2.05) is 11.3 Å². The summed E-state index contributed by atoms with van der Waals surface area (Å²) in [6.45, 7) is 14.4. The predicted octanol–water partition coefficient (Wildman–Crippen LogP) is 7.39. The first-order valence-electron chi connectivity index (χ1n) is 15.2. The molecular weight excluding hydrogens is 488 g/mol. The van der Waals surface area contributed by atoms with Crippen LogP contribution in [0.5, 0.6) is 0 Å². The van der Waals surface area contributed by atoms with Crippen LogP contribution in [0, 0.1) is 37.5 Å². The summed E-state index contributed by atoms with van der Waals surface area (Å²) in [5, 5.41) is 12.5. The number of aryl methyl sites for hydroxylation is 2. The lowest BCUT2D eigenvalue weighted by Crippen LogP contribution is -2.61. The number of allylic oxidation sites excluding steroid dienone is 2. The highest BCUT2D eigenvalue weighted by atomic mass is 32.1. The summed E-state index contributed by atoms with van der Waals surface area (Å²) in [6, 6.07) is 3.77. The highest BCUT2D eigenvalue weighted by Crippen LogP contribution is 2.49. The van der Waals surface area contributed by atoms with E-state index in [4.69, 9.17) is 0 Å². The molecule has 2 aliphatic heterocycles. The van der Waals surface area contributed by atoms with Crippen molar-refractivity contribution in [1.82, 2.24) is 10.2 Å². The maximum Gasteiger partial charge on any atom is 0.223 e. The molecule has 4 unspecified atom stereocenters. The molecule has 1 aromatic rings. The standard InChI is InChI=1S/C32H48N4OS/c1-7-29-26-16-23(15-25-18-28(19(2)3)35-34-22(25)6)17-30(26)36(29)13-12-27(31-20(4)14-21(5)38-31)33-32(37)24-10-8-9-11-24/h14-15,19,23-24,26-27,29-30H,7-13,16-18H2,1-6H3,(H,33,37)/b25-15-/t23?,26?,27-,29?,30?/m0/s1. The minimum Gasteiger partial charge on any atom is -0.348 e. The zero-order valence-corrected chi connectivity index (χ0v) is 25.2. The van der Waals surface area contributed by atoms with Crippen molar-refractivity contribution in [3.63, 3.8) is 0 Å². The number of nitrogens with one attached hydrogen (secondary N) is 1. The normalized spacial score (nSPS) is 29.8. The number of rotatable bonds is 9. The fraction of sp³-hybridized carbons (Fsp3) is 0.719. The Balaban J connectivity index is 1.25. The van der Waals surface area contributed by atoms with E-state index in [9.17, 15) is 4.79 Å². The number of amides is 1. The second-order valence-corrected chi connectivity index (χ2v) is 14.0. The summed E-state index contributed by atoms with van der Waals surface area (Å²) in [4.78, 5) is 18.6. The predicted molar refractivity (Wildman–Crippen MR) is 160 cm³/mol. The van der Waals surface area contributed by atoms with Gasteiger partial charge in [-0.25, -0.2) is 0 Å². The van der Waals surface area contributed by atoms with Crippen LogP contribution in [0.4, 0.5) is 0 Å². The number of carbonyl (C=O) groups is 1. The molecule has 5 atom stereocenters. The maximum atomic E-state index is 13.2. The molecule has 3 fully saturated rings. The van der Waals surface area contributed by atoms with Gasteiger partial charge in [0.2, 0.25) is 5.91 Å². The number of carbonyl (C=O) groups excluding carboxylic acids is 1. The molecule has 0 bridgehead atoms. The summed E-state index contributed by atoms with van der Waals surface area (Å²) >= 11 is 1.87. The molecule has 38 heavy (non-hydrogen) atoms. The number of likely N-dealkylation sites (tertiary alicyclic amines) is 1. The van der Waals surface area contributed by atoms with E-state index in [-0.39, 0.29) is 17.9 Å². The van der Waals surface area contributed by atoms with Crippen LogP contribution in [0.1, 0.15) is 107 Å². The molecule has 208 valence electrons. The molecule has 1 amide bonds. The molecule has 5 nitrogen and oxygen atoms in total. The number of thiophene rings is 1. The second-order valence-electron chi connectivity index (χ2n) is 12.7. The van der Waals surface area contributed by atoms with Gasteiger partial charge in [0.25, 0.3) is 0 Å². The van der Waals surface area contributed by atoms with Crippen LogP contribution < -0.4 is 5.32 Å². The van der Waals surface area contributed by atoms with Crippen molar-refractivity contribution in [1.29, 1.82) is 0 Å². The van der Waals surface area contributed by atoms with E-state index in [0.29, 0.717) is 23.9 Å². The van der Waals surface area contributed by atoms with Gasteiger partial charge >= 0.3 is 0 Å². The molecule has 6 heteroatoms. The molecule has 0 radical (unpaired) electrons. The second kappa shape index (κ2) is 11.8. The van der Waals surface area contributed by atoms with E-state index in [1.54, 1.807) is 0 Å². The molecule has 4 aliphatic rings. The molecule has 2 aliphatic carbocycles. The average Bonchev–Trinajstić information content (AvgIpc) is 3.60. The lowest BCUT2D eigenvalue weighted by Gasteiger charge is -2.53. The van der Waals surface area contributed by atoms with Gasteiger partial charge in [-0.2, -0.15) is 10.2 Å². The van der Waals surface area contributed by atoms with Crippen molar-refractivity contribution in [3.8, 4) is 0 Å². The van der Waals surface area contributed by atoms with E-state index in [1.165, 1.54) is 58.7 Å². The highest BCUT2D eigenvalue weighted by molar-refractivity contribution is 7.12. The van der Waals surface area contributed by atoms with Gasteiger partial charge in [0.05, 0.1) is 11.8 Å². The van der Waals surface area contributed by atoms with Gasteiger partial charge < -0.3 is 5.32 Å². The minimum absolute atomic E-state index is 0.132. The van der Waals surface area contributed by atoms with Crippen LogP contribution in [0.15, 0.2) is 27.9 Å². The van der Waals surface area contributed by atoms with Gasteiger partial charge in [-0.15, -0.1) is 11.3 Å². The summed E-state index contributed by atoms with van der Waals surface area (Å²) in [6.07, 6.45) is 12.8. The fourth-order valence-electron chi connectivity index (χ4n) is 7.65. The Morgan fingerprint density at radius 3 is 2.61 bits per heavy atom. The first-order valence-corrected chi connectivity index (χ1v) is 16.0. The first-order chi connectivity index (χ1) is 18.2. The van der Waals surface area contributed by atoms with E-state index in [0.717, 1.165) is 43.9 Å². The van der Waals surface area contributed by atoms with Gasteiger partial charge in [-0.05, 0) is 94.3 Å². The summed E-state index contributed by atoms with van der Waals surface area (Å²) in [5.74, 6) is 2.39. The van der Waals surface area contributed by atoms with Crippen LogP contribution in [0.2, 0.25) is 0 Å². The third-order valence-electron chi connectivity index (χ3n) is 9.76. The van der Waals surface area contributed by atoms with E-state index < -0.39 is 0 Å². The largest absolute Gasteiger partial charge is 0.348 e. The van der Waals surface area contributed by atoms with Crippen molar-refractivity contribution < 1.29 is 4.79 Å². The molecule has 5 rings (SSSR count). The minimum atomic E-state index is 0.132. The fourth-order valence-corrected chi connectivity index (χ4v) is 8.78. The third-order valence-corrected chi connectivity index (χ3v) is 11.0. The van der Waals surface area contributed by atoms with Crippen molar-refractivity contribution in [2.75, 3.05) is 6.54 Å². The Morgan fingerprint density at radius 1 is 1.18 bits per heavy atom. The molecule has 1 N–H and O–H groups in total. The SMILES string of the molecule is CCC1C2CC(/C=C3/CC(C(C)C)=NN=C3C)CC2N1CC[C@H](NC(=O)C1CCCC1)c1sc(C)cc1C. The van der Waals surface area contributed by atoms with Gasteiger partial charge in [-0.3, -0.25) is 9.69 Å². The van der Waals surface area contributed by atoms with Crippen molar-refractivity contribution in [2.24, 2.45) is 33.9 Å². The number of hydrogen-bond donors (Lipinski definition) is 1. The topological polar surface area (TPSA) is 57.1 Å². The van der Waals surface area contributed by atoms with Gasteiger partial charge in [0.15, 0.2) is 0 Å². The molecule has 1 aromatic heterocycles. The monoisotopic (exact) mass is 536 g/mol. The van der Waals surface area contributed by atoms with Gasteiger partial charge in [0.1, 0.15) is 0 Å². The maximum absolute atomic E-state index is 13.2. The molecular formula is C32H48N4OS. The van der Waals surface area contributed by atoms with E-state index in [2.05, 4.69) is 74.1 Å². The number of nitrogens with zero attached hydrogens (tertiary/aromatic N) is 3. The molecule has 1 saturated heterocycles. The zero-order valence-electron chi connectivity index (χ0n) is 24.4. The van der Waals surface area contributed by atoms with Crippen molar-refractivity contribution in [3.05, 3.63) is 33.0 Å². The van der Waals surface area contributed by atoms with Crippen molar-refractivity contribution >= 4 is 28.7 Å². The lowest BCUT2D eigenvalue weighted by molar-refractivity contribution is -0.125. The average molecular weight is 537 g/mol. The number of fused-ring (bicyclic) bond motifs is 1. The van der Waals surface area contributed by atoms with Crippen LogP contribution >= 0.6 is 11.3 Å². The quantitative estimate of drug-likeness (QED) is 0.358. The molecule has 0 spiro atoms. The lowest BCUT2D eigenvalue weighted by atomic mass is 9.80. The summed E-state index contributed by atoms with van der Waals surface area (Å²) in [7, 11) is 0. The van der Waals surface area contributed by atoms with E-state index >= 15 is 0 Å². The Kier molecular flexibility index (Phi) is 8.59.